The van der Waals surface area contributed by atoms with Crippen molar-refractivity contribution in [3.05, 3.63) is 11.9 Å². The fraction of sp³-hybridized carbons (Fsp3) is 0.400. The Morgan fingerprint density at radius 2 is 2.25 bits per heavy atom. The van der Waals surface area contributed by atoms with Crippen LogP contribution in [0.1, 0.15) is 13.8 Å². The van der Waals surface area contributed by atoms with Gasteiger partial charge in [0.1, 0.15) is 0 Å². The molecule has 3 heteroatoms. The summed E-state index contributed by atoms with van der Waals surface area (Å²) in [5.41, 5.74) is 5.20. The Bertz CT molecular complexity index is 118. The van der Waals surface area contributed by atoms with E-state index in [1.165, 1.54) is 6.92 Å². The normalized spacial score (nSPS) is 11.0. The van der Waals surface area contributed by atoms with Crippen molar-refractivity contribution in [2.45, 2.75) is 13.8 Å². The van der Waals surface area contributed by atoms with Crippen LogP contribution in [0.15, 0.2) is 11.9 Å². The summed E-state index contributed by atoms with van der Waals surface area (Å²) in [6.07, 6.45) is 1.63. The SMILES string of the molecule is C/C=C(\N)NC(C)=O. The lowest BCUT2D eigenvalue weighted by Crippen LogP contribution is -2.24. The summed E-state index contributed by atoms with van der Waals surface area (Å²) in [6, 6.07) is 0. The molecule has 0 aliphatic heterocycles. The topological polar surface area (TPSA) is 55.1 Å². The lowest BCUT2D eigenvalue weighted by molar-refractivity contribution is -0.118. The minimum atomic E-state index is -0.138. The first kappa shape index (κ1) is 7.01. The van der Waals surface area contributed by atoms with Crippen molar-refractivity contribution in [2.24, 2.45) is 5.73 Å². The second-order valence-corrected chi connectivity index (χ2v) is 1.43. The Kier molecular flexibility index (Phi) is 2.69. The standard InChI is InChI=1S/C5H10N2O/c1-3-5(6)7-4(2)8/h3H,6H2,1-2H3,(H,7,8)/b5-3+. The highest BCUT2D eigenvalue weighted by Gasteiger charge is 1.87. The van der Waals surface area contributed by atoms with E-state index in [0.29, 0.717) is 5.82 Å². The summed E-state index contributed by atoms with van der Waals surface area (Å²) in [5, 5.41) is 2.39. The maximum Gasteiger partial charge on any atom is 0.222 e. The van der Waals surface area contributed by atoms with Gasteiger partial charge in [-0.3, -0.25) is 4.79 Å². The zero-order valence-corrected chi connectivity index (χ0v) is 5.06. The van der Waals surface area contributed by atoms with Crippen molar-refractivity contribution in [1.82, 2.24) is 5.32 Å². The first-order valence-electron chi connectivity index (χ1n) is 2.36. The molecule has 8 heavy (non-hydrogen) atoms. The number of nitrogens with two attached hydrogens (primary N) is 1. The number of carbonyl (C=O) groups is 1. The van der Waals surface area contributed by atoms with Crippen LogP contribution < -0.4 is 11.1 Å². The van der Waals surface area contributed by atoms with E-state index in [-0.39, 0.29) is 5.91 Å². The van der Waals surface area contributed by atoms with Gasteiger partial charge in [0.25, 0.3) is 0 Å². The van der Waals surface area contributed by atoms with Crippen LogP contribution in [0, 0.1) is 0 Å². The third-order valence-electron chi connectivity index (χ3n) is 0.631. The molecule has 0 aromatic rings. The second-order valence-electron chi connectivity index (χ2n) is 1.43. The molecule has 0 aromatic carbocycles. The van der Waals surface area contributed by atoms with Gasteiger partial charge in [0.15, 0.2) is 0 Å². The summed E-state index contributed by atoms with van der Waals surface area (Å²) in [5.74, 6) is 0.262. The first-order valence-corrected chi connectivity index (χ1v) is 2.36. The number of hydrogen-bond acceptors (Lipinski definition) is 2. The predicted octanol–water partition coefficient (Wildman–Crippen LogP) is -0.0575. The van der Waals surface area contributed by atoms with Crippen molar-refractivity contribution in [3.8, 4) is 0 Å². The molecule has 0 radical (unpaired) electrons. The molecule has 0 aliphatic rings. The molecule has 0 saturated carbocycles. The smallest absolute Gasteiger partial charge is 0.222 e. The molecule has 46 valence electrons. The van der Waals surface area contributed by atoms with E-state index < -0.39 is 0 Å². The number of carbonyl (C=O) groups excluding carboxylic acids is 1. The lowest BCUT2D eigenvalue weighted by atomic mass is 10.6. The maximum absolute atomic E-state index is 10.2. The van der Waals surface area contributed by atoms with Crippen molar-refractivity contribution in [2.75, 3.05) is 0 Å². The molecule has 3 N–H and O–H groups in total. The molecule has 0 spiro atoms. The highest BCUT2D eigenvalue weighted by Crippen LogP contribution is 1.72. The van der Waals surface area contributed by atoms with E-state index in [9.17, 15) is 4.79 Å². The van der Waals surface area contributed by atoms with Crippen molar-refractivity contribution < 1.29 is 4.79 Å². The van der Waals surface area contributed by atoms with Gasteiger partial charge in [-0.1, -0.05) is 0 Å². The van der Waals surface area contributed by atoms with E-state index in [1.807, 2.05) is 0 Å². The van der Waals surface area contributed by atoms with Crippen molar-refractivity contribution >= 4 is 5.91 Å². The van der Waals surface area contributed by atoms with Crippen LogP contribution in [0.3, 0.4) is 0 Å². The van der Waals surface area contributed by atoms with Gasteiger partial charge in [-0.25, -0.2) is 0 Å². The molecule has 1 amide bonds. The van der Waals surface area contributed by atoms with Crippen molar-refractivity contribution in [1.29, 1.82) is 0 Å². The molecule has 0 rings (SSSR count). The summed E-state index contributed by atoms with van der Waals surface area (Å²) >= 11 is 0. The molecule has 0 bridgehead atoms. The Hall–Kier alpha value is -0.990. The number of rotatable bonds is 1. The molecule has 0 aliphatic carbocycles. The van der Waals surface area contributed by atoms with Crippen LogP contribution in [0.2, 0.25) is 0 Å². The summed E-state index contributed by atoms with van der Waals surface area (Å²) in [6.45, 7) is 3.17. The van der Waals surface area contributed by atoms with Crippen LogP contribution in [0.25, 0.3) is 0 Å². The molecule has 0 saturated heterocycles. The minimum Gasteiger partial charge on any atom is -0.385 e. The monoisotopic (exact) mass is 114 g/mol. The van der Waals surface area contributed by atoms with E-state index in [2.05, 4.69) is 5.32 Å². The molecule has 0 fully saturated rings. The Morgan fingerprint density at radius 1 is 1.75 bits per heavy atom. The minimum absolute atomic E-state index is 0.138. The van der Waals surface area contributed by atoms with Gasteiger partial charge in [0.2, 0.25) is 5.91 Å². The highest BCUT2D eigenvalue weighted by molar-refractivity contribution is 5.74. The Morgan fingerprint density at radius 3 is 2.38 bits per heavy atom. The van der Waals surface area contributed by atoms with Crippen LogP contribution in [0.4, 0.5) is 0 Å². The van der Waals surface area contributed by atoms with Crippen molar-refractivity contribution in [3.63, 3.8) is 0 Å². The van der Waals surface area contributed by atoms with Gasteiger partial charge >= 0.3 is 0 Å². The molecule has 3 nitrogen and oxygen atoms in total. The van der Waals surface area contributed by atoms with Gasteiger partial charge in [-0.15, -0.1) is 0 Å². The van der Waals surface area contributed by atoms with E-state index in [0.717, 1.165) is 0 Å². The third-order valence-corrected chi connectivity index (χ3v) is 0.631. The Labute approximate surface area is 48.6 Å². The second kappa shape index (κ2) is 3.07. The van der Waals surface area contributed by atoms with Crippen LogP contribution in [-0.4, -0.2) is 5.91 Å². The lowest BCUT2D eigenvalue weighted by Gasteiger charge is -1.96. The molecule has 0 atom stereocenters. The maximum atomic E-state index is 10.2. The molecular weight excluding hydrogens is 104 g/mol. The van der Waals surface area contributed by atoms with E-state index in [1.54, 1.807) is 13.0 Å². The van der Waals surface area contributed by atoms with Gasteiger partial charge in [0.05, 0.1) is 5.82 Å². The number of amides is 1. The predicted molar refractivity (Wildman–Crippen MR) is 31.8 cm³/mol. The average molecular weight is 114 g/mol. The first-order chi connectivity index (χ1) is 3.66. The fourth-order valence-corrected chi connectivity index (χ4v) is 0.275. The average Bonchev–Trinajstić information content (AvgIpc) is 1.65. The largest absolute Gasteiger partial charge is 0.385 e. The van der Waals surface area contributed by atoms with E-state index >= 15 is 0 Å². The fourth-order valence-electron chi connectivity index (χ4n) is 0.275. The highest BCUT2D eigenvalue weighted by atomic mass is 16.1. The molecule has 0 heterocycles. The van der Waals surface area contributed by atoms with Crippen LogP contribution >= 0.6 is 0 Å². The van der Waals surface area contributed by atoms with Gasteiger partial charge < -0.3 is 11.1 Å². The summed E-state index contributed by atoms with van der Waals surface area (Å²) in [7, 11) is 0. The third kappa shape index (κ3) is 3.21. The van der Waals surface area contributed by atoms with Crippen LogP contribution in [-0.2, 0) is 4.79 Å². The molecule has 0 unspecified atom stereocenters. The van der Waals surface area contributed by atoms with Gasteiger partial charge in [0, 0.05) is 6.92 Å². The Balaban J connectivity index is 3.56. The number of hydrogen-bond donors (Lipinski definition) is 2. The summed E-state index contributed by atoms with van der Waals surface area (Å²) in [4.78, 5) is 10.2. The summed E-state index contributed by atoms with van der Waals surface area (Å²) < 4.78 is 0. The number of nitrogens with one attached hydrogen (secondary N) is 1. The van der Waals surface area contributed by atoms with Gasteiger partial charge in [-0.05, 0) is 13.0 Å². The number of allylic oxidation sites excluding steroid dienone is 1. The zero-order valence-electron chi connectivity index (χ0n) is 5.06. The van der Waals surface area contributed by atoms with E-state index in [4.69, 9.17) is 5.73 Å². The molecule has 0 aromatic heterocycles. The quantitative estimate of drug-likeness (QED) is 0.502. The molecular formula is C5H10N2O. The van der Waals surface area contributed by atoms with Crippen LogP contribution in [0.5, 0.6) is 0 Å². The van der Waals surface area contributed by atoms with Gasteiger partial charge in [-0.2, -0.15) is 0 Å². The zero-order chi connectivity index (χ0) is 6.57.